The molecule has 0 atom stereocenters. The van der Waals surface area contributed by atoms with E-state index in [1.807, 2.05) is 13.0 Å². The normalized spacial score (nSPS) is 14.1. The molecule has 2 aromatic rings. The van der Waals surface area contributed by atoms with Crippen LogP contribution >= 0.6 is 0 Å². The zero-order chi connectivity index (χ0) is 19.1. The molecular weight excluding hydrogens is 347 g/mol. The van der Waals surface area contributed by atoms with Crippen LogP contribution in [0.4, 0.5) is 10.2 Å². The highest BCUT2D eigenvalue weighted by Gasteiger charge is 2.14. The lowest BCUT2D eigenvalue weighted by Crippen LogP contribution is -2.31. The van der Waals surface area contributed by atoms with Crippen molar-refractivity contribution in [1.29, 1.82) is 0 Å². The summed E-state index contributed by atoms with van der Waals surface area (Å²) in [6, 6.07) is 8.12. The monoisotopic (exact) mass is 372 g/mol. The Kier molecular flexibility index (Phi) is 6.57. The Hall–Kier alpha value is -2.70. The second-order valence-electron chi connectivity index (χ2n) is 6.63. The summed E-state index contributed by atoms with van der Waals surface area (Å²) < 4.78 is 19.2. The minimum absolute atomic E-state index is 0.0123. The standard InChI is InChI=1S/C20H25FN4O2/c1-15-23-18(25-10-5-2-6-11-25)14-20(24-15)27-12-9-22-19(26)13-16-7-3-4-8-17(16)21/h3-4,7-8,14H,2,5-6,9-13H2,1H3,(H,22,26). The van der Waals surface area contributed by atoms with Gasteiger partial charge >= 0.3 is 0 Å². The Bertz CT molecular complexity index is 778. The molecule has 1 N–H and O–H groups in total. The summed E-state index contributed by atoms with van der Waals surface area (Å²) in [5, 5.41) is 2.74. The molecule has 27 heavy (non-hydrogen) atoms. The van der Waals surface area contributed by atoms with Crippen LogP contribution in [-0.2, 0) is 11.2 Å². The second kappa shape index (κ2) is 9.30. The number of amides is 1. The number of carbonyl (C=O) groups is 1. The van der Waals surface area contributed by atoms with Gasteiger partial charge in [-0.1, -0.05) is 18.2 Å². The second-order valence-corrected chi connectivity index (χ2v) is 6.63. The average molecular weight is 372 g/mol. The highest BCUT2D eigenvalue weighted by Crippen LogP contribution is 2.21. The molecule has 6 nitrogen and oxygen atoms in total. The molecule has 1 aromatic carbocycles. The first kappa shape index (κ1) is 19.1. The minimum atomic E-state index is -0.370. The van der Waals surface area contributed by atoms with Gasteiger partial charge in [-0.2, -0.15) is 4.98 Å². The van der Waals surface area contributed by atoms with Crippen molar-refractivity contribution in [2.24, 2.45) is 0 Å². The van der Waals surface area contributed by atoms with E-state index in [4.69, 9.17) is 4.74 Å². The van der Waals surface area contributed by atoms with Gasteiger partial charge in [0, 0.05) is 19.2 Å². The molecule has 0 unspecified atom stereocenters. The van der Waals surface area contributed by atoms with Gasteiger partial charge < -0.3 is 15.0 Å². The number of nitrogens with zero attached hydrogens (tertiary/aromatic N) is 3. The van der Waals surface area contributed by atoms with Crippen molar-refractivity contribution in [3.63, 3.8) is 0 Å². The summed E-state index contributed by atoms with van der Waals surface area (Å²) in [6.45, 7) is 4.47. The number of piperidine rings is 1. The summed E-state index contributed by atoms with van der Waals surface area (Å²) in [6.07, 6.45) is 3.62. The fourth-order valence-electron chi connectivity index (χ4n) is 3.11. The molecule has 1 amide bonds. The molecule has 1 aliphatic rings. The van der Waals surface area contributed by atoms with E-state index in [1.165, 1.54) is 25.3 Å². The Balaban J connectivity index is 1.46. The number of nitrogens with one attached hydrogen (secondary N) is 1. The summed E-state index contributed by atoms with van der Waals surface area (Å²) in [5.74, 6) is 1.45. The van der Waals surface area contributed by atoms with E-state index in [0.717, 1.165) is 18.9 Å². The Labute approximate surface area is 158 Å². The molecule has 1 aromatic heterocycles. The molecule has 0 bridgehead atoms. The molecule has 0 spiro atoms. The maximum absolute atomic E-state index is 13.6. The van der Waals surface area contributed by atoms with E-state index in [1.54, 1.807) is 18.2 Å². The number of ether oxygens (including phenoxy) is 1. The summed E-state index contributed by atoms with van der Waals surface area (Å²) in [7, 11) is 0. The molecule has 2 heterocycles. The molecule has 144 valence electrons. The van der Waals surface area contributed by atoms with E-state index < -0.39 is 0 Å². The zero-order valence-electron chi connectivity index (χ0n) is 15.6. The first-order valence-corrected chi connectivity index (χ1v) is 9.35. The lowest BCUT2D eigenvalue weighted by atomic mass is 10.1. The predicted molar refractivity (Wildman–Crippen MR) is 101 cm³/mol. The van der Waals surface area contributed by atoms with Crippen LogP contribution in [0.3, 0.4) is 0 Å². The van der Waals surface area contributed by atoms with Crippen molar-refractivity contribution in [3.8, 4) is 5.88 Å². The maximum Gasteiger partial charge on any atom is 0.224 e. The molecule has 1 fully saturated rings. The topological polar surface area (TPSA) is 67.3 Å². The number of halogens is 1. The maximum atomic E-state index is 13.6. The quantitative estimate of drug-likeness (QED) is 0.757. The lowest BCUT2D eigenvalue weighted by molar-refractivity contribution is -0.120. The average Bonchev–Trinajstić information content (AvgIpc) is 2.67. The van der Waals surface area contributed by atoms with E-state index in [-0.39, 0.29) is 18.1 Å². The third kappa shape index (κ3) is 5.64. The van der Waals surface area contributed by atoms with Crippen LogP contribution in [0.25, 0.3) is 0 Å². The number of carbonyl (C=O) groups excluding carboxylic acids is 1. The molecule has 0 aliphatic carbocycles. The van der Waals surface area contributed by atoms with Crippen LogP contribution in [0, 0.1) is 12.7 Å². The number of aryl methyl sites for hydroxylation is 1. The van der Waals surface area contributed by atoms with Gasteiger partial charge in [-0.25, -0.2) is 9.37 Å². The SMILES string of the molecule is Cc1nc(OCCNC(=O)Cc2ccccc2F)cc(N2CCCCC2)n1. The molecule has 1 aliphatic heterocycles. The van der Waals surface area contributed by atoms with Crippen molar-refractivity contribution in [1.82, 2.24) is 15.3 Å². The van der Waals surface area contributed by atoms with Crippen molar-refractivity contribution < 1.29 is 13.9 Å². The molecule has 3 rings (SSSR count). The van der Waals surface area contributed by atoms with E-state index in [0.29, 0.717) is 30.4 Å². The number of hydrogen-bond acceptors (Lipinski definition) is 5. The minimum Gasteiger partial charge on any atom is -0.476 e. The van der Waals surface area contributed by atoms with Crippen molar-refractivity contribution in [2.75, 3.05) is 31.1 Å². The van der Waals surface area contributed by atoms with Gasteiger partial charge in [0.1, 0.15) is 24.1 Å². The van der Waals surface area contributed by atoms with Gasteiger partial charge in [0.05, 0.1) is 13.0 Å². The van der Waals surface area contributed by atoms with Gasteiger partial charge in [-0.3, -0.25) is 4.79 Å². The number of rotatable bonds is 7. The molecule has 1 saturated heterocycles. The van der Waals surface area contributed by atoms with Gasteiger partial charge in [-0.15, -0.1) is 0 Å². The Morgan fingerprint density at radius 3 is 2.78 bits per heavy atom. The van der Waals surface area contributed by atoms with Crippen molar-refractivity contribution in [2.45, 2.75) is 32.6 Å². The number of aromatic nitrogens is 2. The number of hydrogen-bond donors (Lipinski definition) is 1. The smallest absolute Gasteiger partial charge is 0.224 e. The van der Waals surface area contributed by atoms with Crippen molar-refractivity contribution >= 4 is 11.7 Å². The third-order valence-electron chi connectivity index (χ3n) is 4.46. The van der Waals surface area contributed by atoms with Crippen LogP contribution in [0.15, 0.2) is 30.3 Å². The van der Waals surface area contributed by atoms with E-state index in [2.05, 4.69) is 20.2 Å². The van der Waals surface area contributed by atoms with E-state index in [9.17, 15) is 9.18 Å². The molecule has 7 heteroatoms. The number of anilines is 1. The van der Waals surface area contributed by atoms with Gasteiger partial charge in [-0.05, 0) is 37.8 Å². The van der Waals surface area contributed by atoms with Crippen LogP contribution < -0.4 is 15.0 Å². The molecule has 0 radical (unpaired) electrons. The van der Waals surface area contributed by atoms with E-state index >= 15 is 0 Å². The Morgan fingerprint density at radius 1 is 1.22 bits per heavy atom. The van der Waals surface area contributed by atoms with Gasteiger partial charge in [0.15, 0.2) is 0 Å². The fraction of sp³-hybridized carbons (Fsp3) is 0.450. The number of benzene rings is 1. The highest BCUT2D eigenvalue weighted by molar-refractivity contribution is 5.78. The summed E-state index contributed by atoms with van der Waals surface area (Å²) in [5.41, 5.74) is 0.383. The summed E-state index contributed by atoms with van der Waals surface area (Å²) >= 11 is 0. The summed E-state index contributed by atoms with van der Waals surface area (Å²) in [4.78, 5) is 23.0. The first-order valence-electron chi connectivity index (χ1n) is 9.35. The van der Waals surface area contributed by atoms with Gasteiger partial charge in [0.2, 0.25) is 11.8 Å². The van der Waals surface area contributed by atoms with Crippen molar-refractivity contribution in [3.05, 3.63) is 47.5 Å². The van der Waals surface area contributed by atoms with Gasteiger partial charge in [0.25, 0.3) is 0 Å². The molecule has 0 saturated carbocycles. The van der Waals surface area contributed by atoms with Crippen LogP contribution in [0.5, 0.6) is 5.88 Å². The van der Waals surface area contributed by atoms with Crippen LogP contribution in [0.1, 0.15) is 30.7 Å². The third-order valence-corrected chi connectivity index (χ3v) is 4.46. The Morgan fingerprint density at radius 2 is 2.00 bits per heavy atom. The fourth-order valence-corrected chi connectivity index (χ4v) is 3.11. The first-order chi connectivity index (χ1) is 13.1. The van der Waals surface area contributed by atoms with Crippen LogP contribution in [0.2, 0.25) is 0 Å². The predicted octanol–water partition coefficient (Wildman–Crippen LogP) is 2.65. The van der Waals surface area contributed by atoms with Crippen LogP contribution in [-0.4, -0.2) is 42.1 Å². The lowest BCUT2D eigenvalue weighted by Gasteiger charge is -2.28. The highest BCUT2D eigenvalue weighted by atomic mass is 19.1. The largest absolute Gasteiger partial charge is 0.476 e. The zero-order valence-corrected chi connectivity index (χ0v) is 15.6. The molecular formula is C20H25FN4O2.